The summed E-state index contributed by atoms with van der Waals surface area (Å²) in [6, 6.07) is 7.26. The number of benzene rings is 1. The zero-order chi connectivity index (χ0) is 16.8. The summed E-state index contributed by atoms with van der Waals surface area (Å²) in [5.74, 6) is -0.956. The van der Waals surface area contributed by atoms with Crippen LogP contribution in [0.2, 0.25) is 5.02 Å². The van der Waals surface area contributed by atoms with E-state index in [0.717, 1.165) is 6.07 Å². The van der Waals surface area contributed by atoms with Crippen LogP contribution < -0.4 is 5.32 Å². The predicted octanol–water partition coefficient (Wildman–Crippen LogP) is 3.58. The first-order valence-corrected chi connectivity index (χ1v) is 7.31. The Bertz CT molecular complexity index is 687. The number of furan rings is 1. The molecule has 122 valence electrons. The van der Waals surface area contributed by atoms with E-state index in [1.807, 2.05) is 0 Å². The predicted molar refractivity (Wildman–Crippen MR) is 82.6 cm³/mol. The highest BCUT2D eigenvalue weighted by atomic mass is 35.5. The molecule has 1 aromatic carbocycles. The van der Waals surface area contributed by atoms with Gasteiger partial charge in [0.25, 0.3) is 5.91 Å². The van der Waals surface area contributed by atoms with E-state index >= 15 is 0 Å². The van der Waals surface area contributed by atoms with Gasteiger partial charge in [-0.3, -0.25) is 9.59 Å². The Morgan fingerprint density at radius 3 is 2.83 bits per heavy atom. The first-order chi connectivity index (χ1) is 11.0. The molecule has 1 atom stereocenters. The van der Waals surface area contributed by atoms with Gasteiger partial charge in [0.15, 0.2) is 6.10 Å². The van der Waals surface area contributed by atoms with Gasteiger partial charge in [-0.25, -0.2) is 4.39 Å². The quantitative estimate of drug-likeness (QED) is 0.817. The molecule has 2 rings (SSSR count). The number of hydrogen-bond donors (Lipinski definition) is 1. The number of rotatable bonds is 6. The van der Waals surface area contributed by atoms with Crippen molar-refractivity contribution in [2.75, 3.05) is 5.32 Å². The molecule has 0 saturated heterocycles. The number of aryl methyl sites for hydroxylation is 1. The second kappa shape index (κ2) is 7.78. The molecule has 0 spiro atoms. The van der Waals surface area contributed by atoms with Crippen LogP contribution in [0.15, 0.2) is 41.0 Å². The van der Waals surface area contributed by atoms with E-state index < -0.39 is 23.8 Å². The molecule has 0 fully saturated rings. The molecule has 5 nitrogen and oxygen atoms in total. The molecule has 0 saturated carbocycles. The first kappa shape index (κ1) is 17.0. The third-order valence-corrected chi connectivity index (χ3v) is 3.31. The molecule has 0 aliphatic rings. The lowest BCUT2D eigenvalue weighted by Gasteiger charge is -2.13. The summed E-state index contributed by atoms with van der Waals surface area (Å²) in [7, 11) is 0. The minimum absolute atomic E-state index is 0.105. The molecule has 0 aliphatic heterocycles. The van der Waals surface area contributed by atoms with E-state index in [4.69, 9.17) is 20.8 Å². The van der Waals surface area contributed by atoms with Gasteiger partial charge >= 0.3 is 5.97 Å². The highest BCUT2D eigenvalue weighted by molar-refractivity contribution is 6.31. The number of halogens is 2. The second-order valence-electron chi connectivity index (χ2n) is 4.83. The van der Waals surface area contributed by atoms with Crippen molar-refractivity contribution in [3.63, 3.8) is 0 Å². The molecular weight excluding hydrogens is 325 g/mol. The van der Waals surface area contributed by atoms with Gasteiger partial charge < -0.3 is 14.5 Å². The number of carbonyl (C=O) groups excluding carboxylic acids is 2. The molecule has 1 aromatic heterocycles. The largest absolute Gasteiger partial charge is 0.469 e. The van der Waals surface area contributed by atoms with Crippen molar-refractivity contribution in [1.29, 1.82) is 0 Å². The Balaban J connectivity index is 1.81. The van der Waals surface area contributed by atoms with Crippen molar-refractivity contribution in [2.24, 2.45) is 0 Å². The molecule has 0 radical (unpaired) electrons. The molecule has 1 heterocycles. The molecule has 0 bridgehead atoms. The van der Waals surface area contributed by atoms with Gasteiger partial charge in [-0.2, -0.15) is 0 Å². The molecule has 1 N–H and O–H groups in total. The topological polar surface area (TPSA) is 68.5 Å². The standard InChI is InChI=1S/C16H15ClFNO4/c1-10(23-15(20)7-5-12-3-2-8-22-12)16(21)19-11-4-6-14(18)13(17)9-11/h2-4,6,8-10H,5,7H2,1H3,(H,19,21)/t10-/m1/s1. The van der Waals surface area contributed by atoms with E-state index in [2.05, 4.69) is 5.32 Å². The van der Waals surface area contributed by atoms with Gasteiger partial charge in [0.1, 0.15) is 11.6 Å². The number of amides is 1. The fraction of sp³-hybridized carbons (Fsp3) is 0.250. The zero-order valence-electron chi connectivity index (χ0n) is 12.3. The number of anilines is 1. The van der Waals surface area contributed by atoms with Crippen LogP contribution in [0.3, 0.4) is 0 Å². The SMILES string of the molecule is C[C@@H](OC(=O)CCc1ccco1)C(=O)Nc1ccc(F)c(Cl)c1. The van der Waals surface area contributed by atoms with Crippen molar-refractivity contribution in [3.8, 4) is 0 Å². The average molecular weight is 340 g/mol. The first-order valence-electron chi connectivity index (χ1n) is 6.93. The lowest BCUT2D eigenvalue weighted by Crippen LogP contribution is -2.30. The third-order valence-electron chi connectivity index (χ3n) is 3.02. The molecule has 1 amide bonds. The summed E-state index contributed by atoms with van der Waals surface area (Å²) in [5.41, 5.74) is 0.319. The van der Waals surface area contributed by atoms with Crippen molar-refractivity contribution >= 4 is 29.2 Å². The van der Waals surface area contributed by atoms with Crippen LogP contribution >= 0.6 is 11.6 Å². The van der Waals surface area contributed by atoms with Crippen LogP contribution in [0.1, 0.15) is 19.1 Å². The van der Waals surface area contributed by atoms with Crippen molar-refractivity contribution < 1.29 is 23.1 Å². The van der Waals surface area contributed by atoms with E-state index in [1.165, 1.54) is 25.3 Å². The molecule has 23 heavy (non-hydrogen) atoms. The van der Waals surface area contributed by atoms with E-state index in [9.17, 15) is 14.0 Å². The number of hydrogen-bond acceptors (Lipinski definition) is 4. The Morgan fingerprint density at radius 2 is 2.17 bits per heavy atom. The van der Waals surface area contributed by atoms with E-state index in [1.54, 1.807) is 12.1 Å². The average Bonchev–Trinajstić information content (AvgIpc) is 3.02. The highest BCUT2D eigenvalue weighted by Crippen LogP contribution is 2.19. The van der Waals surface area contributed by atoms with E-state index in [-0.39, 0.29) is 11.4 Å². The lowest BCUT2D eigenvalue weighted by atomic mass is 10.2. The highest BCUT2D eigenvalue weighted by Gasteiger charge is 2.18. The van der Waals surface area contributed by atoms with Crippen molar-refractivity contribution in [3.05, 3.63) is 53.2 Å². The van der Waals surface area contributed by atoms with Crippen LogP contribution in [0, 0.1) is 5.82 Å². The minimum Gasteiger partial charge on any atom is -0.469 e. The van der Waals surface area contributed by atoms with Gasteiger partial charge in [0.05, 0.1) is 17.7 Å². The normalized spacial score (nSPS) is 11.8. The molecule has 7 heteroatoms. The summed E-state index contributed by atoms with van der Waals surface area (Å²) < 4.78 is 23.2. The Kier molecular flexibility index (Phi) is 5.76. The fourth-order valence-corrected chi connectivity index (χ4v) is 1.99. The van der Waals surface area contributed by atoms with Crippen LogP contribution in [-0.2, 0) is 20.7 Å². The van der Waals surface area contributed by atoms with Gasteiger partial charge in [-0.15, -0.1) is 0 Å². The van der Waals surface area contributed by atoms with E-state index in [0.29, 0.717) is 17.9 Å². The van der Waals surface area contributed by atoms with Gasteiger partial charge in [-0.05, 0) is 37.3 Å². The number of carbonyl (C=O) groups is 2. The smallest absolute Gasteiger partial charge is 0.307 e. The summed E-state index contributed by atoms with van der Waals surface area (Å²) in [4.78, 5) is 23.6. The second-order valence-corrected chi connectivity index (χ2v) is 5.24. The molecule has 0 unspecified atom stereocenters. The summed E-state index contributed by atoms with van der Waals surface area (Å²) in [5, 5.41) is 2.39. The number of esters is 1. The maximum atomic E-state index is 13.0. The summed E-state index contributed by atoms with van der Waals surface area (Å²) in [6.07, 6.45) is 1.04. The monoisotopic (exact) mass is 339 g/mol. The van der Waals surface area contributed by atoms with Crippen LogP contribution in [-0.4, -0.2) is 18.0 Å². The Labute approximate surface area is 137 Å². The summed E-state index contributed by atoms with van der Waals surface area (Å²) in [6.45, 7) is 1.45. The number of nitrogens with one attached hydrogen (secondary N) is 1. The third kappa shape index (κ3) is 5.10. The maximum absolute atomic E-state index is 13.0. The zero-order valence-corrected chi connectivity index (χ0v) is 13.1. The van der Waals surface area contributed by atoms with Gasteiger partial charge in [0.2, 0.25) is 0 Å². The molecular formula is C16H15ClFNO4. The number of ether oxygens (including phenoxy) is 1. The molecule has 0 aliphatic carbocycles. The molecule has 2 aromatic rings. The van der Waals surface area contributed by atoms with Crippen molar-refractivity contribution in [2.45, 2.75) is 25.9 Å². The van der Waals surface area contributed by atoms with Crippen LogP contribution in [0.25, 0.3) is 0 Å². The maximum Gasteiger partial charge on any atom is 0.307 e. The van der Waals surface area contributed by atoms with Gasteiger partial charge in [-0.1, -0.05) is 11.6 Å². The Morgan fingerprint density at radius 1 is 1.39 bits per heavy atom. The van der Waals surface area contributed by atoms with Gasteiger partial charge in [0, 0.05) is 12.1 Å². The van der Waals surface area contributed by atoms with Crippen LogP contribution in [0.5, 0.6) is 0 Å². The fourth-order valence-electron chi connectivity index (χ4n) is 1.81. The van der Waals surface area contributed by atoms with Crippen molar-refractivity contribution in [1.82, 2.24) is 0 Å². The summed E-state index contributed by atoms with van der Waals surface area (Å²) >= 11 is 5.63. The Hall–Kier alpha value is -2.34. The minimum atomic E-state index is -0.983. The lowest BCUT2D eigenvalue weighted by molar-refractivity contribution is -0.153. The van der Waals surface area contributed by atoms with Crippen LogP contribution in [0.4, 0.5) is 10.1 Å².